The summed E-state index contributed by atoms with van der Waals surface area (Å²) >= 11 is 7.19. The second-order valence-electron chi connectivity index (χ2n) is 7.50. The maximum Gasteiger partial charge on any atom is 0.347 e. The van der Waals surface area contributed by atoms with Crippen molar-refractivity contribution >= 4 is 39.8 Å². The number of ketones is 1. The number of hydrogen-bond donors (Lipinski definition) is 2. The summed E-state index contributed by atoms with van der Waals surface area (Å²) in [5, 5.41) is 10.2. The summed E-state index contributed by atoms with van der Waals surface area (Å²) in [5.41, 5.74) is 1.20. The summed E-state index contributed by atoms with van der Waals surface area (Å²) in [7, 11) is 0. The Balaban J connectivity index is 1.72. The number of nitrogens with one attached hydrogen (secondary N) is 1. The van der Waals surface area contributed by atoms with Crippen LogP contribution in [-0.2, 0) is 11.2 Å². The van der Waals surface area contributed by atoms with Crippen LogP contribution in [-0.4, -0.2) is 64.3 Å². The highest BCUT2D eigenvalue weighted by molar-refractivity contribution is 7.17. The molecule has 3 rings (SSSR count). The Morgan fingerprint density at radius 2 is 2.19 bits per heavy atom. The normalized spacial score (nSPS) is 19.0. The maximum absolute atomic E-state index is 12.8. The molecule has 1 aliphatic rings. The van der Waals surface area contributed by atoms with Crippen molar-refractivity contribution in [3.8, 4) is 0 Å². The Kier molecular flexibility index (Phi) is 8.01. The molecule has 1 fully saturated rings. The summed E-state index contributed by atoms with van der Waals surface area (Å²) < 4.78 is 18.5. The molecule has 3 heterocycles. The van der Waals surface area contributed by atoms with Crippen molar-refractivity contribution in [3.63, 3.8) is 0 Å². The molecule has 0 amide bonds. The molecule has 31 heavy (non-hydrogen) atoms. The second-order valence-corrected chi connectivity index (χ2v) is 8.83. The van der Waals surface area contributed by atoms with E-state index in [2.05, 4.69) is 15.0 Å². The molecule has 0 aromatic carbocycles. The second kappa shape index (κ2) is 10.5. The molecule has 0 saturated carbocycles. The van der Waals surface area contributed by atoms with Gasteiger partial charge < -0.3 is 19.7 Å². The standard InChI is InChI=1S/C20H26ClFN4O4S/c1-3-13-17(21)25-18(24-13)14(27)9-12-5-7-26(10-15(12)30-8-4-6-22)20-23-11(2)16(31-20)19(28)29/h12,15H,3-10H2,1-2H3,(H,24,25)(H,28,29)/t12-,15-/m0/s1. The lowest BCUT2D eigenvalue weighted by molar-refractivity contribution is 0.000769. The van der Waals surface area contributed by atoms with Gasteiger partial charge in [0.25, 0.3) is 0 Å². The van der Waals surface area contributed by atoms with Crippen LogP contribution in [0.4, 0.5) is 9.52 Å². The van der Waals surface area contributed by atoms with Gasteiger partial charge in [-0.05, 0) is 32.1 Å². The number of H-pyrrole nitrogens is 1. The number of imidazole rings is 1. The fourth-order valence-corrected chi connectivity index (χ4v) is 4.86. The molecule has 170 valence electrons. The number of aromatic amines is 1. The number of hydrogen-bond acceptors (Lipinski definition) is 7. The number of nitrogens with zero attached hydrogens (tertiary/aromatic N) is 3. The summed E-state index contributed by atoms with van der Waals surface area (Å²) in [6.45, 7) is 4.45. The van der Waals surface area contributed by atoms with Crippen LogP contribution in [0.5, 0.6) is 0 Å². The van der Waals surface area contributed by atoms with Gasteiger partial charge in [0.2, 0.25) is 0 Å². The van der Waals surface area contributed by atoms with E-state index in [1.54, 1.807) is 6.92 Å². The predicted octanol–water partition coefficient (Wildman–Crippen LogP) is 3.93. The molecule has 8 nitrogen and oxygen atoms in total. The molecule has 0 bridgehead atoms. The molecule has 2 N–H and O–H groups in total. The van der Waals surface area contributed by atoms with Crippen LogP contribution in [0.3, 0.4) is 0 Å². The highest BCUT2D eigenvalue weighted by Gasteiger charge is 2.34. The van der Waals surface area contributed by atoms with Crippen molar-refractivity contribution in [1.82, 2.24) is 15.0 Å². The number of carbonyl (C=O) groups excluding carboxylic acids is 1. The zero-order chi connectivity index (χ0) is 22.5. The SMILES string of the molecule is CCc1[nH]c(C(=O)C[C@@H]2CCN(c3nc(C)c(C(=O)O)s3)C[C@@H]2OCCCF)nc1Cl. The van der Waals surface area contributed by atoms with Crippen LogP contribution < -0.4 is 4.90 Å². The van der Waals surface area contributed by atoms with Gasteiger partial charge in [-0.2, -0.15) is 0 Å². The van der Waals surface area contributed by atoms with Crippen molar-refractivity contribution in [2.24, 2.45) is 5.92 Å². The summed E-state index contributed by atoms with van der Waals surface area (Å²) in [5.74, 6) is -0.968. The average Bonchev–Trinajstić information content (AvgIpc) is 3.31. The molecule has 2 aromatic rings. The average molecular weight is 473 g/mol. The van der Waals surface area contributed by atoms with Crippen molar-refractivity contribution in [2.75, 3.05) is 31.3 Å². The maximum atomic E-state index is 12.8. The predicted molar refractivity (Wildman–Crippen MR) is 116 cm³/mol. The molecular weight excluding hydrogens is 447 g/mol. The van der Waals surface area contributed by atoms with E-state index in [9.17, 15) is 19.1 Å². The van der Waals surface area contributed by atoms with Gasteiger partial charge in [-0.25, -0.2) is 14.8 Å². The van der Waals surface area contributed by atoms with E-state index in [4.69, 9.17) is 16.3 Å². The molecule has 0 unspecified atom stereocenters. The Bertz CT molecular complexity index is 934. The minimum Gasteiger partial charge on any atom is -0.477 e. The number of rotatable bonds is 10. The molecular formula is C20H26ClFN4O4S. The summed E-state index contributed by atoms with van der Waals surface area (Å²) in [6.07, 6.45) is 1.51. The minimum atomic E-state index is -0.999. The van der Waals surface area contributed by atoms with Crippen molar-refractivity contribution in [2.45, 2.75) is 45.6 Å². The van der Waals surface area contributed by atoms with Gasteiger partial charge >= 0.3 is 5.97 Å². The highest BCUT2D eigenvalue weighted by Crippen LogP contribution is 2.32. The number of thiazole rings is 1. The molecule has 1 aliphatic heterocycles. The van der Waals surface area contributed by atoms with E-state index in [-0.39, 0.29) is 48.0 Å². The van der Waals surface area contributed by atoms with Crippen LogP contribution in [0, 0.1) is 12.8 Å². The number of carbonyl (C=O) groups is 2. The largest absolute Gasteiger partial charge is 0.477 e. The number of Topliss-reactive ketones (excluding diaryl/α,β-unsaturated/α-hetero) is 1. The number of aryl methyl sites for hydroxylation is 2. The first-order valence-corrected chi connectivity index (χ1v) is 11.4. The Hall–Kier alpha value is -2.04. The molecule has 0 radical (unpaired) electrons. The number of carboxylic acid groups (broad SMARTS) is 1. The molecule has 2 aromatic heterocycles. The van der Waals surface area contributed by atoms with Crippen molar-refractivity contribution in [1.29, 1.82) is 0 Å². The zero-order valence-corrected chi connectivity index (χ0v) is 19.1. The third-order valence-corrected chi connectivity index (χ3v) is 6.87. The van der Waals surface area contributed by atoms with Gasteiger partial charge in [0.15, 0.2) is 21.9 Å². The van der Waals surface area contributed by atoms with Gasteiger partial charge in [-0.3, -0.25) is 9.18 Å². The number of halogens is 2. The first-order chi connectivity index (χ1) is 14.8. The number of anilines is 1. The topological polar surface area (TPSA) is 108 Å². The van der Waals surface area contributed by atoms with Gasteiger partial charge in [-0.15, -0.1) is 0 Å². The van der Waals surface area contributed by atoms with Gasteiger partial charge in [0.1, 0.15) is 4.88 Å². The molecule has 0 aliphatic carbocycles. The van der Waals surface area contributed by atoms with Crippen LogP contribution in [0.2, 0.25) is 5.15 Å². The van der Waals surface area contributed by atoms with Crippen LogP contribution >= 0.6 is 22.9 Å². The lowest BCUT2D eigenvalue weighted by Gasteiger charge is -2.38. The fourth-order valence-electron chi connectivity index (χ4n) is 3.66. The van der Waals surface area contributed by atoms with Gasteiger partial charge in [0.05, 0.1) is 24.2 Å². The van der Waals surface area contributed by atoms with Crippen molar-refractivity contribution in [3.05, 3.63) is 27.2 Å². The Morgan fingerprint density at radius 3 is 2.81 bits per heavy atom. The lowest BCUT2D eigenvalue weighted by Crippen LogP contribution is -2.46. The van der Waals surface area contributed by atoms with Crippen molar-refractivity contribution < 1.29 is 23.8 Å². The summed E-state index contributed by atoms with van der Waals surface area (Å²) in [4.78, 5) is 37.8. The van der Waals surface area contributed by atoms with Gasteiger partial charge in [-0.1, -0.05) is 29.9 Å². The minimum absolute atomic E-state index is 0.0719. The summed E-state index contributed by atoms with van der Waals surface area (Å²) in [6, 6.07) is 0. The molecule has 11 heteroatoms. The van der Waals surface area contributed by atoms with E-state index in [0.717, 1.165) is 17.0 Å². The number of carboxylic acids is 1. The molecule has 1 saturated heterocycles. The zero-order valence-electron chi connectivity index (χ0n) is 17.5. The van der Waals surface area contributed by atoms with Crippen LogP contribution in [0.1, 0.15) is 57.9 Å². The Labute approximate surface area is 188 Å². The first kappa shape index (κ1) is 23.6. The highest BCUT2D eigenvalue weighted by atomic mass is 35.5. The van der Waals surface area contributed by atoms with E-state index < -0.39 is 12.6 Å². The van der Waals surface area contributed by atoms with Crippen LogP contribution in [0.25, 0.3) is 0 Å². The molecule has 0 spiro atoms. The van der Waals surface area contributed by atoms with E-state index in [0.29, 0.717) is 41.9 Å². The first-order valence-electron chi connectivity index (χ1n) is 10.2. The quantitative estimate of drug-likeness (QED) is 0.398. The van der Waals surface area contributed by atoms with E-state index >= 15 is 0 Å². The number of aromatic carboxylic acids is 1. The lowest BCUT2D eigenvalue weighted by atomic mass is 9.89. The smallest absolute Gasteiger partial charge is 0.347 e. The van der Waals surface area contributed by atoms with Crippen LogP contribution in [0.15, 0.2) is 0 Å². The molecule has 2 atom stereocenters. The number of piperidine rings is 1. The third-order valence-electron chi connectivity index (χ3n) is 5.35. The Morgan fingerprint density at radius 1 is 1.42 bits per heavy atom. The number of ether oxygens (including phenoxy) is 1. The third kappa shape index (κ3) is 5.61. The van der Waals surface area contributed by atoms with E-state index in [1.807, 2.05) is 11.8 Å². The number of alkyl halides is 1. The fraction of sp³-hybridized carbons (Fsp3) is 0.600. The number of aromatic nitrogens is 3. The van der Waals surface area contributed by atoms with E-state index in [1.165, 1.54) is 0 Å². The monoisotopic (exact) mass is 472 g/mol. The van der Waals surface area contributed by atoms with Gasteiger partial charge in [0, 0.05) is 26.1 Å².